The molecule has 0 spiro atoms. The number of hydrogen-bond acceptors (Lipinski definition) is 6. The van der Waals surface area contributed by atoms with Gasteiger partial charge in [-0.1, -0.05) is 168 Å². The van der Waals surface area contributed by atoms with Gasteiger partial charge in [0.15, 0.2) is 5.85 Å². The summed E-state index contributed by atoms with van der Waals surface area (Å²) < 4.78 is 29.0. The third kappa shape index (κ3) is 31.0. The smallest absolute Gasteiger partial charge is 0.356 e. The molecule has 0 aromatic rings. The van der Waals surface area contributed by atoms with E-state index in [-0.39, 0.29) is 13.2 Å². The minimum Gasteiger partial charge on any atom is -0.394 e. The molecule has 0 rings (SSSR count). The molecule has 0 aliphatic heterocycles. The summed E-state index contributed by atoms with van der Waals surface area (Å²) in [5.74, 6) is -1.79. The van der Waals surface area contributed by atoms with E-state index in [1.165, 1.54) is 141 Å². The second-order valence-corrected chi connectivity index (χ2v) is 14.8. The van der Waals surface area contributed by atoms with Gasteiger partial charge in [-0.15, -0.1) is 0 Å². The average molecular weight is 667 g/mol. The standard InChI is InChI=1S/C36H75O8P/c1-3-5-7-9-11-13-15-16-17-18-19-20-21-23-25-27-29-42-32-34(33-44-36(35(38)31-37)45(39,40)41)43-30-28-26-24-22-14-12-10-8-6-4-2/h34-38H,3-33H2,1-2H3,(H2,39,40,41)/t34-,35?,36?/m0/s1. The van der Waals surface area contributed by atoms with E-state index < -0.39 is 32.3 Å². The highest BCUT2D eigenvalue weighted by Gasteiger charge is 2.36. The largest absolute Gasteiger partial charge is 0.394 e. The third-order valence-electron chi connectivity index (χ3n) is 8.60. The molecule has 272 valence electrons. The van der Waals surface area contributed by atoms with Crippen molar-refractivity contribution < 1.29 is 38.8 Å². The van der Waals surface area contributed by atoms with Crippen LogP contribution in [0.3, 0.4) is 0 Å². The summed E-state index contributed by atoms with van der Waals surface area (Å²) in [4.78, 5) is 19.1. The molecule has 0 amide bonds. The highest BCUT2D eigenvalue weighted by atomic mass is 31.2. The molecule has 2 unspecified atom stereocenters. The first kappa shape index (κ1) is 45.0. The quantitative estimate of drug-likeness (QED) is 0.0382. The topological polar surface area (TPSA) is 126 Å². The van der Waals surface area contributed by atoms with Gasteiger partial charge in [-0.3, -0.25) is 4.57 Å². The fourth-order valence-electron chi connectivity index (χ4n) is 5.68. The van der Waals surface area contributed by atoms with Crippen LogP contribution in [0.25, 0.3) is 0 Å². The molecule has 0 aromatic heterocycles. The third-order valence-corrected chi connectivity index (χ3v) is 9.75. The zero-order valence-electron chi connectivity index (χ0n) is 29.5. The van der Waals surface area contributed by atoms with Crippen molar-refractivity contribution in [2.45, 2.75) is 199 Å². The molecule has 0 aliphatic carbocycles. The number of aliphatic hydroxyl groups is 2. The van der Waals surface area contributed by atoms with E-state index in [0.29, 0.717) is 13.2 Å². The fraction of sp³-hybridized carbons (Fsp3) is 1.00. The Morgan fingerprint density at radius 1 is 0.511 bits per heavy atom. The molecule has 0 saturated heterocycles. The lowest BCUT2D eigenvalue weighted by Crippen LogP contribution is -2.36. The van der Waals surface area contributed by atoms with Crippen LogP contribution in [0.2, 0.25) is 0 Å². The van der Waals surface area contributed by atoms with E-state index in [1.54, 1.807) is 0 Å². The maximum absolute atomic E-state index is 11.8. The van der Waals surface area contributed by atoms with Gasteiger partial charge in [-0.25, -0.2) is 0 Å². The summed E-state index contributed by atoms with van der Waals surface area (Å²) in [6.07, 6.45) is 31.2. The van der Waals surface area contributed by atoms with Crippen LogP contribution in [-0.2, 0) is 18.8 Å². The summed E-state index contributed by atoms with van der Waals surface area (Å²) in [6, 6.07) is 0. The molecule has 0 radical (unpaired) electrons. The molecule has 4 N–H and O–H groups in total. The van der Waals surface area contributed by atoms with Crippen LogP contribution in [0.1, 0.15) is 181 Å². The predicted molar refractivity (Wildman–Crippen MR) is 187 cm³/mol. The Kier molecular flexibility index (Phi) is 33.8. The summed E-state index contributed by atoms with van der Waals surface area (Å²) in [5.41, 5.74) is 0. The Bertz CT molecular complexity index is 632. The van der Waals surface area contributed by atoms with Gasteiger partial charge < -0.3 is 34.2 Å². The summed E-state index contributed by atoms with van der Waals surface area (Å²) >= 11 is 0. The zero-order chi connectivity index (χ0) is 33.3. The Morgan fingerprint density at radius 2 is 0.867 bits per heavy atom. The normalized spacial score (nSPS) is 14.2. The molecular weight excluding hydrogens is 591 g/mol. The molecule has 45 heavy (non-hydrogen) atoms. The molecule has 0 saturated carbocycles. The van der Waals surface area contributed by atoms with E-state index in [2.05, 4.69) is 13.8 Å². The van der Waals surface area contributed by atoms with Gasteiger partial charge in [0.1, 0.15) is 12.2 Å². The van der Waals surface area contributed by atoms with E-state index >= 15 is 0 Å². The van der Waals surface area contributed by atoms with Crippen LogP contribution in [0.15, 0.2) is 0 Å². The van der Waals surface area contributed by atoms with E-state index in [0.717, 1.165) is 25.7 Å². The second kappa shape index (κ2) is 33.8. The summed E-state index contributed by atoms with van der Waals surface area (Å²) in [6.45, 7) is 4.99. The average Bonchev–Trinajstić information content (AvgIpc) is 3.01. The van der Waals surface area contributed by atoms with Crippen molar-refractivity contribution in [1.29, 1.82) is 0 Å². The van der Waals surface area contributed by atoms with Gasteiger partial charge in [0.2, 0.25) is 0 Å². The molecule has 0 aliphatic rings. The first-order valence-electron chi connectivity index (χ1n) is 19.0. The van der Waals surface area contributed by atoms with Crippen LogP contribution >= 0.6 is 7.60 Å². The highest BCUT2D eigenvalue weighted by Crippen LogP contribution is 2.43. The highest BCUT2D eigenvalue weighted by molar-refractivity contribution is 7.52. The van der Waals surface area contributed by atoms with Gasteiger partial charge in [-0.05, 0) is 12.8 Å². The Morgan fingerprint density at radius 3 is 1.22 bits per heavy atom. The minimum absolute atomic E-state index is 0.121. The molecule has 8 nitrogen and oxygen atoms in total. The second-order valence-electron chi connectivity index (χ2n) is 13.1. The van der Waals surface area contributed by atoms with E-state index in [4.69, 9.17) is 14.2 Å². The van der Waals surface area contributed by atoms with Crippen molar-refractivity contribution in [3.8, 4) is 0 Å². The molecular formula is C36H75O8P. The maximum atomic E-state index is 11.8. The fourth-order valence-corrected chi connectivity index (χ4v) is 6.50. The van der Waals surface area contributed by atoms with Gasteiger partial charge in [0, 0.05) is 13.2 Å². The van der Waals surface area contributed by atoms with Crippen LogP contribution in [0.5, 0.6) is 0 Å². The molecule has 0 bridgehead atoms. The first-order chi connectivity index (χ1) is 21.9. The molecule has 0 heterocycles. The summed E-state index contributed by atoms with van der Waals surface area (Å²) in [7, 11) is -4.76. The van der Waals surface area contributed by atoms with E-state index in [1.807, 2.05) is 0 Å². The van der Waals surface area contributed by atoms with Crippen molar-refractivity contribution in [3.63, 3.8) is 0 Å². The van der Waals surface area contributed by atoms with Crippen LogP contribution in [-0.4, -0.2) is 71.1 Å². The van der Waals surface area contributed by atoms with Gasteiger partial charge in [0.25, 0.3) is 0 Å². The number of rotatable bonds is 37. The summed E-state index contributed by atoms with van der Waals surface area (Å²) in [5, 5.41) is 19.0. The lowest BCUT2D eigenvalue weighted by Gasteiger charge is -2.25. The van der Waals surface area contributed by atoms with Crippen LogP contribution in [0.4, 0.5) is 0 Å². The lowest BCUT2D eigenvalue weighted by molar-refractivity contribution is -0.0924. The zero-order valence-corrected chi connectivity index (χ0v) is 30.4. The molecule has 9 heteroatoms. The van der Waals surface area contributed by atoms with Crippen molar-refractivity contribution in [2.75, 3.05) is 33.0 Å². The Labute approximate surface area is 277 Å². The van der Waals surface area contributed by atoms with Crippen molar-refractivity contribution >= 4 is 7.60 Å². The number of aliphatic hydroxyl groups excluding tert-OH is 2. The van der Waals surface area contributed by atoms with Crippen molar-refractivity contribution in [1.82, 2.24) is 0 Å². The van der Waals surface area contributed by atoms with Crippen LogP contribution < -0.4 is 0 Å². The molecule has 3 atom stereocenters. The Balaban J connectivity index is 4.07. The monoisotopic (exact) mass is 667 g/mol. The molecule has 0 fully saturated rings. The van der Waals surface area contributed by atoms with Crippen LogP contribution in [0, 0.1) is 0 Å². The van der Waals surface area contributed by atoms with Crippen molar-refractivity contribution in [3.05, 3.63) is 0 Å². The SMILES string of the molecule is CCCCCCCCCCCCCCCCCCOC[C@@H](COC(C(O)CO)P(=O)(O)O)OCCCCCCCCCCCC. The van der Waals surface area contributed by atoms with Crippen molar-refractivity contribution in [2.24, 2.45) is 0 Å². The van der Waals surface area contributed by atoms with E-state index in [9.17, 15) is 24.6 Å². The Hall–Kier alpha value is -0.0500. The number of hydrogen-bond donors (Lipinski definition) is 4. The first-order valence-corrected chi connectivity index (χ1v) is 20.7. The molecule has 0 aromatic carbocycles. The number of unbranched alkanes of at least 4 members (excludes halogenated alkanes) is 24. The van der Waals surface area contributed by atoms with Gasteiger partial charge >= 0.3 is 7.60 Å². The van der Waals surface area contributed by atoms with Gasteiger partial charge in [0.05, 0.1) is 19.8 Å². The predicted octanol–water partition coefficient (Wildman–Crippen LogP) is 9.44. The number of ether oxygens (including phenoxy) is 3. The minimum atomic E-state index is -4.76. The maximum Gasteiger partial charge on any atom is 0.356 e. The lowest BCUT2D eigenvalue weighted by atomic mass is 10.0. The van der Waals surface area contributed by atoms with Gasteiger partial charge in [-0.2, -0.15) is 0 Å².